The monoisotopic (exact) mass is 379 g/mol. The summed E-state index contributed by atoms with van der Waals surface area (Å²) in [6.07, 6.45) is 0.604. The molecule has 3 aromatic carbocycles. The van der Waals surface area contributed by atoms with Gasteiger partial charge >= 0.3 is 0 Å². The Morgan fingerprint density at radius 3 is 2.48 bits per heavy atom. The molecule has 0 radical (unpaired) electrons. The lowest BCUT2D eigenvalue weighted by atomic mass is 10.0. The van der Waals surface area contributed by atoms with Crippen LogP contribution in [0.5, 0.6) is 17.2 Å². The third-order valence-corrected chi connectivity index (χ3v) is 4.88. The van der Waals surface area contributed by atoms with Crippen LogP contribution < -0.4 is 0 Å². The van der Waals surface area contributed by atoms with E-state index in [1.807, 2.05) is 31.2 Å². The molecule has 0 spiro atoms. The number of aromatic nitrogens is 3. The summed E-state index contributed by atoms with van der Waals surface area (Å²) in [7, 11) is 0. The smallest absolute Gasteiger partial charge is 0.200 e. The highest BCUT2D eigenvalue weighted by atomic mass is 32.1. The molecular weight excluding hydrogens is 362 g/mol. The molecule has 4 aromatic rings. The molecule has 27 heavy (non-hydrogen) atoms. The molecule has 0 bridgehead atoms. The Morgan fingerprint density at radius 1 is 0.963 bits per heavy atom. The maximum Gasteiger partial charge on any atom is 0.200 e. The van der Waals surface area contributed by atoms with E-state index in [1.165, 1.54) is 6.07 Å². The average molecular weight is 379 g/mol. The van der Waals surface area contributed by atoms with Gasteiger partial charge in [0.25, 0.3) is 0 Å². The molecule has 0 saturated heterocycles. The molecule has 136 valence electrons. The van der Waals surface area contributed by atoms with Gasteiger partial charge in [-0.25, -0.2) is 0 Å². The zero-order valence-corrected chi connectivity index (χ0v) is 15.3. The second-order valence-corrected chi connectivity index (χ2v) is 6.58. The number of hydrogen-bond donors (Lipinski definition) is 4. The fraction of sp³-hybridized carbons (Fsp3) is 0.100. The molecule has 1 aromatic heterocycles. The molecule has 7 heteroatoms. The van der Waals surface area contributed by atoms with Crippen LogP contribution in [0, 0.1) is 4.77 Å². The molecule has 0 fully saturated rings. The Kier molecular flexibility index (Phi) is 4.08. The standard InChI is InChI=1S/C20H17N3O3S/c1-2-11-9-14(18(26)10-17(11)25)19-21-22-20(27)23(19)15-7-3-6-13-12(15)5-4-8-16(13)24/h3-10,24-26H,2H2,1H3,(H,22,27). The number of nitrogens with zero attached hydrogens (tertiary/aromatic N) is 2. The maximum atomic E-state index is 10.4. The van der Waals surface area contributed by atoms with Crippen molar-refractivity contribution in [3.8, 4) is 34.3 Å². The van der Waals surface area contributed by atoms with E-state index in [-0.39, 0.29) is 17.2 Å². The number of aryl methyl sites for hydroxylation is 1. The zero-order valence-electron chi connectivity index (χ0n) is 14.5. The van der Waals surface area contributed by atoms with E-state index >= 15 is 0 Å². The van der Waals surface area contributed by atoms with Gasteiger partial charge in [-0.1, -0.05) is 31.2 Å². The highest BCUT2D eigenvalue weighted by Crippen LogP contribution is 2.37. The predicted octanol–water partition coefficient (Wildman–Crippen LogP) is 4.43. The third kappa shape index (κ3) is 2.72. The molecular formula is C20H17N3O3S. The molecule has 6 nitrogen and oxygen atoms in total. The van der Waals surface area contributed by atoms with Crippen molar-refractivity contribution in [1.29, 1.82) is 0 Å². The zero-order chi connectivity index (χ0) is 19.1. The molecule has 0 atom stereocenters. The van der Waals surface area contributed by atoms with Crippen LogP contribution in [0.1, 0.15) is 12.5 Å². The Hall–Kier alpha value is -3.32. The topological polar surface area (TPSA) is 94.3 Å². The average Bonchev–Trinajstić information content (AvgIpc) is 3.03. The van der Waals surface area contributed by atoms with Crippen LogP contribution in [0.25, 0.3) is 27.8 Å². The lowest BCUT2D eigenvalue weighted by Gasteiger charge is -2.13. The third-order valence-electron chi connectivity index (χ3n) is 4.61. The van der Waals surface area contributed by atoms with E-state index in [0.717, 1.165) is 11.1 Å². The lowest BCUT2D eigenvalue weighted by molar-refractivity contribution is 0.447. The summed E-state index contributed by atoms with van der Waals surface area (Å²) in [6.45, 7) is 1.92. The molecule has 4 rings (SSSR count). The van der Waals surface area contributed by atoms with Crippen molar-refractivity contribution in [3.05, 3.63) is 58.9 Å². The van der Waals surface area contributed by atoms with Crippen LogP contribution in [0.15, 0.2) is 48.5 Å². The largest absolute Gasteiger partial charge is 0.508 e. The first-order valence-corrected chi connectivity index (χ1v) is 8.85. The quantitative estimate of drug-likeness (QED) is 0.395. The first-order chi connectivity index (χ1) is 13.0. The van der Waals surface area contributed by atoms with Gasteiger partial charge in [-0.05, 0) is 42.4 Å². The Balaban J connectivity index is 2.04. The number of H-pyrrole nitrogens is 1. The van der Waals surface area contributed by atoms with Crippen molar-refractivity contribution in [2.45, 2.75) is 13.3 Å². The van der Waals surface area contributed by atoms with E-state index < -0.39 is 0 Å². The fourth-order valence-corrected chi connectivity index (χ4v) is 3.49. The summed E-state index contributed by atoms with van der Waals surface area (Å²) in [4.78, 5) is 0. The molecule has 0 aliphatic heterocycles. The second kappa shape index (κ2) is 6.44. The van der Waals surface area contributed by atoms with Gasteiger partial charge < -0.3 is 15.3 Å². The summed E-state index contributed by atoms with van der Waals surface area (Å²) < 4.78 is 2.06. The minimum absolute atomic E-state index is 0.0366. The Morgan fingerprint density at radius 2 is 1.70 bits per heavy atom. The summed E-state index contributed by atoms with van der Waals surface area (Å²) in [6, 6.07) is 13.8. The first kappa shape index (κ1) is 17.1. The molecule has 0 amide bonds. The molecule has 0 unspecified atom stereocenters. The number of hydrogen-bond acceptors (Lipinski definition) is 5. The number of benzene rings is 3. The lowest BCUT2D eigenvalue weighted by Crippen LogP contribution is -2.00. The predicted molar refractivity (Wildman–Crippen MR) is 106 cm³/mol. The van der Waals surface area contributed by atoms with Crippen molar-refractivity contribution in [3.63, 3.8) is 0 Å². The van der Waals surface area contributed by atoms with Crippen LogP contribution in [-0.2, 0) is 6.42 Å². The van der Waals surface area contributed by atoms with Gasteiger partial charge in [0.2, 0.25) is 0 Å². The number of aromatic amines is 1. The Labute approximate surface area is 160 Å². The number of phenols is 3. The SMILES string of the molecule is CCc1cc(-c2n[nH]c(=S)n2-c2cccc3c(O)cccc23)c(O)cc1O. The molecule has 0 aliphatic rings. The van der Waals surface area contributed by atoms with Crippen molar-refractivity contribution >= 4 is 23.0 Å². The van der Waals surface area contributed by atoms with E-state index in [9.17, 15) is 15.3 Å². The summed E-state index contributed by atoms with van der Waals surface area (Å²) in [5.41, 5.74) is 1.87. The van der Waals surface area contributed by atoms with E-state index in [4.69, 9.17) is 12.2 Å². The van der Waals surface area contributed by atoms with Gasteiger partial charge in [0.15, 0.2) is 10.6 Å². The second-order valence-electron chi connectivity index (χ2n) is 6.19. The molecule has 4 N–H and O–H groups in total. The summed E-state index contributed by atoms with van der Waals surface area (Å²) >= 11 is 5.43. The van der Waals surface area contributed by atoms with Gasteiger partial charge in [0.05, 0.1) is 11.3 Å². The van der Waals surface area contributed by atoms with E-state index in [2.05, 4.69) is 10.2 Å². The van der Waals surface area contributed by atoms with Crippen molar-refractivity contribution in [2.24, 2.45) is 0 Å². The van der Waals surface area contributed by atoms with Crippen molar-refractivity contribution in [2.75, 3.05) is 0 Å². The molecule has 0 aliphatic carbocycles. The van der Waals surface area contributed by atoms with Crippen LogP contribution in [-0.4, -0.2) is 30.1 Å². The number of aromatic hydroxyl groups is 3. The molecule has 1 heterocycles. The van der Waals surface area contributed by atoms with Crippen molar-refractivity contribution < 1.29 is 15.3 Å². The first-order valence-electron chi connectivity index (χ1n) is 8.45. The van der Waals surface area contributed by atoms with Gasteiger partial charge in [-0.15, -0.1) is 0 Å². The highest BCUT2D eigenvalue weighted by Gasteiger charge is 2.18. The number of rotatable bonds is 3. The minimum Gasteiger partial charge on any atom is -0.508 e. The summed E-state index contributed by atoms with van der Waals surface area (Å²) in [5.74, 6) is 0.534. The number of nitrogens with one attached hydrogen (secondary N) is 1. The van der Waals surface area contributed by atoms with Gasteiger partial charge in [-0.2, -0.15) is 5.10 Å². The van der Waals surface area contributed by atoms with Gasteiger partial charge in [0.1, 0.15) is 17.2 Å². The van der Waals surface area contributed by atoms with Gasteiger partial charge in [0, 0.05) is 16.8 Å². The molecule has 0 saturated carbocycles. The van der Waals surface area contributed by atoms with E-state index in [0.29, 0.717) is 33.5 Å². The highest BCUT2D eigenvalue weighted by molar-refractivity contribution is 7.71. The maximum absolute atomic E-state index is 10.4. The normalized spacial score (nSPS) is 11.1. The van der Waals surface area contributed by atoms with Crippen LogP contribution in [0.4, 0.5) is 0 Å². The van der Waals surface area contributed by atoms with Gasteiger partial charge in [-0.3, -0.25) is 9.67 Å². The number of fused-ring (bicyclic) bond motifs is 1. The van der Waals surface area contributed by atoms with E-state index in [1.54, 1.807) is 22.8 Å². The Bertz CT molecular complexity index is 1230. The van der Waals surface area contributed by atoms with Crippen molar-refractivity contribution in [1.82, 2.24) is 14.8 Å². The fourth-order valence-electron chi connectivity index (χ4n) is 3.26. The van der Waals surface area contributed by atoms with Crippen LogP contribution in [0.3, 0.4) is 0 Å². The van der Waals surface area contributed by atoms with Crippen LogP contribution in [0.2, 0.25) is 0 Å². The minimum atomic E-state index is -0.0944. The number of phenolic OH excluding ortho intramolecular Hbond substituents is 3. The van der Waals surface area contributed by atoms with Crippen LogP contribution >= 0.6 is 12.2 Å². The summed E-state index contributed by atoms with van der Waals surface area (Å²) in [5, 5.41) is 39.1.